The highest BCUT2D eigenvalue weighted by atomic mass is 16.5. The summed E-state index contributed by atoms with van der Waals surface area (Å²) in [5, 5.41) is 3.47. The number of carbonyl (C=O) groups excluding carboxylic acids is 2. The Morgan fingerprint density at radius 3 is 1.91 bits per heavy atom. The molecule has 2 aliphatic heterocycles. The summed E-state index contributed by atoms with van der Waals surface area (Å²) in [5.41, 5.74) is 2.06. The van der Waals surface area contributed by atoms with Crippen molar-refractivity contribution in [3.8, 4) is 0 Å². The minimum atomic E-state index is -0.285. The van der Waals surface area contributed by atoms with Gasteiger partial charge in [0.25, 0.3) is 0 Å². The summed E-state index contributed by atoms with van der Waals surface area (Å²) < 4.78 is 6.15. The molecule has 4 rings (SSSR count). The lowest BCUT2D eigenvalue weighted by molar-refractivity contribution is -0.144. The number of hydrogen-bond donors (Lipinski definition) is 1. The number of benzene rings is 2. The van der Waals surface area contributed by atoms with Gasteiger partial charge in [-0.05, 0) is 37.8 Å². The second-order valence-electron chi connectivity index (χ2n) is 9.38. The number of amides is 2. The summed E-state index contributed by atoms with van der Waals surface area (Å²) in [6.45, 7) is 7.01. The number of piperazine rings is 1. The van der Waals surface area contributed by atoms with E-state index >= 15 is 0 Å². The minimum Gasteiger partial charge on any atom is -0.359 e. The van der Waals surface area contributed by atoms with Crippen LogP contribution in [0.4, 0.5) is 0 Å². The number of nitrogens with one attached hydrogen (secondary N) is 1. The lowest BCUT2D eigenvalue weighted by Crippen LogP contribution is -2.57. The van der Waals surface area contributed by atoms with Gasteiger partial charge in [-0.15, -0.1) is 0 Å². The second-order valence-corrected chi connectivity index (χ2v) is 9.38. The molecule has 0 bridgehead atoms. The van der Waals surface area contributed by atoms with Gasteiger partial charge in [0.05, 0.1) is 0 Å². The van der Waals surface area contributed by atoms with E-state index in [-0.39, 0.29) is 30.4 Å². The van der Waals surface area contributed by atoms with Crippen LogP contribution < -0.4 is 5.32 Å². The maximum absolute atomic E-state index is 13.0. The Morgan fingerprint density at radius 1 is 0.879 bits per heavy atom. The Balaban J connectivity index is 1.31. The maximum atomic E-state index is 13.0. The minimum absolute atomic E-state index is 0.00820. The van der Waals surface area contributed by atoms with Crippen LogP contribution in [0.1, 0.15) is 43.9 Å². The quantitative estimate of drug-likeness (QED) is 0.736. The van der Waals surface area contributed by atoms with E-state index in [1.807, 2.05) is 70.5 Å². The number of piperidine rings is 1. The van der Waals surface area contributed by atoms with Crippen molar-refractivity contribution >= 4 is 11.8 Å². The van der Waals surface area contributed by atoms with Crippen LogP contribution in [0.3, 0.4) is 0 Å². The van der Waals surface area contributed by atoms with Crippen LogP contribution in [-0.4, -0.2) is 66.5 Å². The fourth-order valence-electron chi connectivity index (χ4n) is 5.03. The third-order valence-electron chi connectivity index (χ3n) is 6.64. The third kappa shape index (κ3) is 6.01. The zero-order chi connectivity index (χ0) is 23.2. The fraction of sp³-hybridized carbons (Fsp3) is 0.481. The first-order valence-corrected chi connectivity index (χ1v) is 12.1. The normalized spacial score (nSPS) is 21.9. The Labute approximate surface area is 196 Å². The monoisotopic (exact) mass is 449 g/mol. The van der Waals surface area contributed by atoms with Gasteiger partial charge >= 0.3 is 0 Å². The average Bonchev–Trinajstić information content (AvgIpc) is 2.84. The molecule has 0 aliphatic carbocycles. The molecule has 0 saturated carbocycles. The topological polar surface area (TPSA) is 61.9 Å². The molecule has 2 saturated heterocycles. The molecule has 0 radical (unpaired) electrons. The van der Waals surface area contributed by atoms with Gasteiger partial charge in [0.1, 0.15) is 12.7 Å². The van der Waals surface area contributed by atoms with Gasteiger partial charge in [-0.1, -0.05) is 60.7 Å². The third-order valence-corrected chi connectivity index (χ3v) is 6.64. The van der Waals surface area contributed by atoms with Gasteiger partial charge in [-0.25, -0.2) is 0 Å². The first kappa shape index (κ1) is 23.5. The van der Waals surface area contributed by atoms with E-state index in [1.165, 1.54) is 0 Å². The van der Waals surface area contributed by atoms with Gasteiger partial charge in [-0.3, -0.25) is 9.59 Å². The number of ether oxygens (including phenoxy) is 1. The molecule has 176 valence electrons. The number of likely N-dealkylation sites (tertiary alicyclic amines) is 1. The number of nitrogens with zero attached hydrogens (tertiary/aromatic N) is 2. The lowest BCUT2D eigenvalue weighted by atomic mass is 9.94. The molecule has 1 N–H and O–H groups in total. The van der Waals surface area contributed by atoms with Crippen molar-refractivity contribution in [3.63, 3.8) is 0 Å². The van der Waals surface area contributed by atoms with Gasteiger partial charge in [0.15, 0.2) is 0 Å². The van der Waals surface area contributed by atoms with Crippen LogP contribution in [0.15, 0.2) is 60.7 Å². The number of hydrogen-bond acceptors (Lipinski definition) is 4. The van der Waals surface area contributed by atoms with Crippen molar-refractivity contribution < 1.29 is 14.3 Å². The highest BCUT2D eigenvalue weighted by Gasteiger charge is 2.33. The number of rotatable bonds is 6. The highest BCUT2D eigenvalue weighted by molar-refractivity contribution is 5.80. The van der Waals surface area contributed by atoms with E-state index in [0.717, 1.165) is 37.1 Å². The smallest absolute Gasteiger partial charge is 0.248 e. The molecule has 2 aromatic carbocycles. The Bertz CT molecular complexity index is 863. The SMILES string of the molecule is CC1CN(C(=O)C2CCN(C(=O)COC(c3ccccc3)c3ccccc3)CC2)CC(C)N1. The fourth-order valence-corrected chi connectivity index (χ4v) is 5.03. The van der Waals surface area contributed by atoms with Gasteiger partial charge < -0.3 is 19.9 Å². The van der Waals surface area contributed by atoms with Gasteiger partial charge in [-0.2, -0.15) is 0 Å². The molecule has 2 aliphatic rings. The van der Waals surface area contributed by atoms with Gasteiger partial charge in [0, 0.05) is 44.2 Å². The Kier molecular flexibility index (Phi) is 7.78. The lowest BCUT2D eigenvalue weighted by Gasteiger charge is -2.39. The molecule has 2 atom stereocenters. The van der Waals surface area contributed by atoms with Crippen LogP contribution in [0.5, 0.6) is 0 Å². The van der Waals surface area contributed by atoms with Crippen molar-refractivity contribution in [3.05, 3.63) is 71.8 Å². The van der Waals surface area contributed by atoms with E-state index < -0.39 is 0 Å². The first-order chi connectivity index (χ1) is 16.0. The molecule has 33 heavy (non-hydrogen) atoms. The Morgan fingerprint density at radius 2 is 1.39 bits per heavy atom. The highest BCUT2D eigenvalue weighted by Crippen LogP contribution is 2.26. The summed E-state index contributed by atoms with van der Waals surface area (Å²) >= 11 is 0. The molecule has 2 unspecified atom stereocenters. The molecule has 0 spiro atoms. The van der Waals surface area contributed by atoms with Crippen molar-refractivity contribution in [2.24, 2.45) is 5.92 Å². The molecule has 6 nitrogen and oxygen atoms in total. The van der Waals surface area contributed by atoms with E-state index in [9.17, 15) is 9.59 Å². The van der Waals surface area contributed by atoms with E-state index in [4.69, 9.17) is 4.74 Å². The van der Waals surface area contributed by atoms with Gasteiger partial charge in [0.2, 0.25) is 11.8 Å². The summed E-state index contributed by atoms with van der Waals surface area (Å²) in [7, 11) is 0. The standard InChI is InChI=1S/C27H35N3O3/c1-20-17-30(18-21(2)28-20)27(32)24-13-15-29(16-14-24)25(31)19-33-26(22-9-5-3-6-10-22)23-11-7-4-8-12-23/h3-12,20-21,24,26,28H,13-19H2,1-2H3. The average molecular weight is 450 g/mol. The maximum Gasteiger partial charge on any atom is 0.248 e. The first-order valence-electron chi connectivity index (χ1n) is 12.1. The molecule has 2 aromatic rings. The molecule has 2 fully saturated rings. The van der Waals surface area contributed by atoms with E-state index in [0.29, 0.717) is 25.2 Å². The van der Waals surface area contributed by atoms with Crippen molar-refractivity contribution in [1.82, 2.24) is 15.1 Å². The molecular weight excluding hydrogens is 414 g/mol. The number of carbonyl (C=O) groups is 2. The Hall–Kier alpha value is -2.70. The molecule has 2 amide bonds. The van der Waals surface area contributed by atoms with Crippen molar-refractivity contribution in [2.75, 3.05) is 32.8 Å². The zero-order valence-electron chi connectivity index (χ0n) is 19.7. The zero-order valence-corrected chi connectivity index (χ0v) is 19.7. The molecule has 2 heterocycles. The summed E-state index contributed by atoms with van der Waals surface area (Å²) in [6.07, 6.45) is 1.16. The van der Waals surface area contributed by atoms with Crippen LogP contribution in [0, 0.1) is 5.92 Å². The predicted octanol–water partition coefficient (Wildman–Crippen LogP) is 3.24. The predicted molar refractivity (Wildman–Crippen MR) is 129 cm³/mol. The molecule has 6 heteroatoms. The summed E-state index contributed by atoms with van der Waals surface area (Å²) in [4.78, 5) is 29.8. The van der Waals surface area contributed by atoms with Crippen molar-refractivity contribution in [2.45, 2.75) is 44.9 Å². The largest absolute Gasteiger partial charge is 0.359 e. The molecule has 0 aromatic heterocycles. The van der Waals surface area contributed by atoms with E-state index in [1.54, 1.807) is 0 Å². The van der Waals surface area contributed by atoms with Crippen LogP contribution in [0.25, 0.3) is 0 Å². The second kappa shape index (κ2) is 10.9. The van der Waals surface area contributed by atoms with Crippen molar-refractivity contribution in [1.29, 1.82) is 0 Å². The van der Waals surface area contributed by atoms with Crippen LogP contribution in [0.2, 0.25) is 0 Å². The molecular formula is C27H35N3O3. The van der Waals surface area contributed by atoms with Crippen LogP contribution in [-0.2, 0) is 14.3 Å². The summed E-state index contributed by atoms with van der Waals surface area (Å²) in [6, 6.07) is 20.6. The summed E-state index contributed by atoms with van der Waals surface area (Å²) in [5.74, 6) is 0.239. The van der Waals surface area contributed by atoms with E-state index in [2.05, 4.69) is 19.2 Å². The van der Waals surface area contributed by atoms with Crippen LogP contribution >= 0.6 is 0 Å².